The van der Waals surface area contributed by atoms with Gasteiger partial charge in [0.1, 0.15) is 5.82 Å². The number of rotatable bonds is 5. The maximum atomic E-state index is 14.1. The first-order valence-electron chi connectivity index (χ1n) is 7.72. The number of benzene rings is 1. The molecule has 0 amide bonds. The Morgan fingerprint density at radius 1 is 1.28 bits per heavy atom. The number of nitrogens with one attached hydrogen (secondary N) is 1. The summed E-state index contributed by atoms with van der Waals surface area (Å²) in [7, 11) is 0. The molecule has 3 N–H and O–H groups in total. The molecule has 0 atom stereocenters. The fourth-order valence-electron chi connectivity index (χ4n) is 2.48. The number of nitrogens with zero attached hydrogens (tertiary/aromatic N) is 4. The van der Waals surface area contributed by atoms with E-state index in [9.17, 15) is 4.48 Å². The molecule has 7 heteroatoms. The lowest BCUT2D eigenvalue weighted by atomic mass is 10.3. The van der Waals surface area contributed by atoms with E-state index in [2.05, 4.69) is 27.8 Å². The third-order valence-electron chi connectivity index (χ3n) is 3.60. The molecule has 6 nitrogen and oxygen atoms in total. The molecule has 1 aromatic carbocycles. The Balaban J connectivity index is 0.00000109. The van der Waals surface area contributed by atoms with Crippen LogP contribution in [0.5, 0.6) is 0 Å². The van der Waals surface area contributed by atoms with Crippen molar-refractivity contribution in [3.63, 3.8) is 0 Å². The Morgan fingerprint density at radius 3 is 2.68 bits per heavy atom. The number of hydrogen-bond donors (Lipinski definition) is 2. The molecule has 0 aliphatic heterocycles. The summed E-state index contributed by atoms with van der Waals surface area (Å²) in [5.74, 6) is 7.00. The molecule has 2 aromatic heterocycles. The smallest absolute Gasteiger partial charge is 0.155 e. The number of imidazole rings is 2. The Labute approximate surface area is 146 Å². The Morgan fingerprint density at radius 2 is 2.00 bits per heavy atom. The minimum atomic E-state index is 0.186. The van der Waals surface area contributed by atoms with Crippen LogP contribution in [0.3, 0.4) is 0 Å². The SMILES string of the molecule is C#C.C/C=C\c1nc(CN(N)Cc2nc3ccccc3[nH]2)n(F)c1C. The van der Waals surface area contributed by atoms with Gasteiger partial charge in [-0.25, -0.2) is 15.0 Å². The number of allylic oxidation sites excluding steroid dienone is 1. The van der Waals surface area contributed by atoms with Gasteiger partial charge in [-0.3, -0.25) is 5.84 Å². The van der Waals surface area contributed by atoms with Crippen LogP contribution in [0.1, 0.15) is 30.0 Å². The van der Waals surface area contributed by atoms with Gasteiger partial charge in [0, 0.05) is 0 Å². The number of terminal acetylenes is 1. The first-order valence-corrected chi connectivity index (χ1v) is 7.72. The number of aromatic amines is 1. The van der Waals surface area contributed by atoms with E-state index < -0.39 is 0 Å². The highest BCUT2D eigenvalue weighted by molar-refractivity contribution is 5.74. The van der Waals surface area contributed by atoms with Gasteiger partial charge < -0.3 is 4.98 Å². The van der Waals surface area contributed by atoms with Gasteiger partial charge in [0.2, 0.25) is 0 Å². The van der Waals surface area contributed by atoms with Crippen molar-refractivity contribution in [1.82, 2.24) is 24.8 Å². The van der Waals surface area contributed by atoms with E-state index in [-0.39, 0.29) is 12.4 Å². The number of halogens is 1. The molecule has 3 aromatic rings. The van der Waals surface area contributed by atoms with E-state index in [1.807, 2.05) is 37.3 Å². The monoisotopic (exact) mass is 340 g/mol. The normalized spacial score (nSPS) is 11.2. The topological polar surface area (TPSA) is 75.8 Å². The van der Waals surface area contributed by atoms with Gasteiger partial charge in [0.15, 0.2) is 5.82 Å². The first kappa shape index (κ1) is 18.4. The fourth-order valence-corrected chi connectivity index (χ4v) is 2.48. The van der Waals surface area contributed by atoms with Crippen molar-refractivity contribution in [2.24, 2.45) is 5.84 Å². The minimum absolute atomic E-state index is 0.186. The summed E-state index contributed by atoms with van der Waals surface area (Å²) in [5, 5.41) is 1.48. The lowest BCUT2D eigenvalue weighted by Crippen LogP contribution is -2.31. The van der Waals surface area contributed by atoms with Crippen LogP contribution in [-0.2, 0) is 13.1 Å². The van der Waals surface area contributed by atoms with Gasteiger partial charge in [0.05, 0.1) is 35.5 Å². The zero-order valence-electron chi connectivity index (χ0n) is 14.3. The molecule has 0 saturated carbocycles. The maximum Gasteiger partial charge on any atom is 0.155 e. The second-order valence-electron chi connectivity index (χ2n) is 5.39. The fraction of sp³-hybridized carbons (Fsp3) is 0.222. The van der Waals surface area contributed by atoms with Crippen LogP contribution in [0.2, 0.25) is 0 Å². The molecule has 3 rings (SSSR count). The summed E-state index contributed by atoms with van der Waals surface area (Å²) in [5.41, 5.74) is 2.92. The van der Waals surface area contributed by atoms with E-state index in [0.717, 1.165) is 16.9 Å². The molecule has 0 radical (unpaired) electrons. The van der Waals surface area contributed by atoms with Crippen molar-refractivity contribution >= 4 is 17.1 Å². The van der Waals surface area contributed by atoms with Crippen LogP contribution in [0.15, 0.2) is 30.3 Å². The lowest BCUT2D eigenvalue weighted by molar-refractivity contribution is 0.229. The van der Waals surface area contributed by atoms with E-state index in [1.54, 1.807) is 13.0 Å². The molecule has 130 valence electrons. The molecule has 0 aliphatic carbocycles. The third kappa shape index (κ3) is 4.12. The van der Waals surface area contributed by atoms with Gasteiger partial charge in [-0.1, -0.05) is 22.7 Å². The Hall–Kier alpha value is -2.95. The molecule has 0 fully saturated rings. The van der Waals surface area contributed by atoms with Crippen molar-refractivity contribution < 1.29 is 4.48 Å². The third-order valence-corrected chi connectivity index (χ3v) is 3.60. The van der Waals surface area contributed by atoms with Crippen LogP contribution < -0.4 is 5.84 Å². The standard InChI is InChI=1S/C16H19FN6.C2H2/c1-3-6-12-11(2)23(17)16(21-12)10-22(18)9-15-19-13-7-4-5-8-14(13)20-15;1-2/h3-8H,9-10,18H2,1-2H3,(H,19,20);1-2H/b6-3-;. The predicted molar refractivity (Wildman–Crippen MR) is 97.6 cm³/mol. The van der Waals surface area contributed by atoms with Gasteiger partial charge in [0.25, 0.3) is 0 Å². The van der Waals surface area contributed by atoms with Crippen molar-refractivity contribution in [1.29, 1.82) is 0 Å². The molecule has 0 saturated heterocycles. The largest absolute Gasteiger partial charge is 0.341 e. The van der Waals surface area contributed by atoms with Crippen molar-refractivity contribution in [2.75, 3.05) is 0 Å². The highest BCUT2D eigenvalue weighted by Crippen LogP contribution is 2.15. The van der Waals surface area contributed by atoms with Gasteiger partial charge in [-0.2, -0.15) is 4.79 Å². The molecular formula is C18H21FN6. The number of nitrogens with two attached hydrogens (primary N) is 1. The highest BCUT2D eigenvalue weighted by atomic mass is 19.2. The van der Waals surface area contributed by atoms with Crippen molar-refractivity contribution in [3.05, 3.63) is 53.4 Å². The van der Waals surface area contributed by atoms with Gasteiger partial charge in [-0.05, 0) is 32.1 Å². The van der Waals surface area contributed by atoms with Crippen LogP contribution >= 0.6 is 0 Å². The summed E-state index contributed by atoms with van der Waals surface area (Å²) in [6, 6.07) is 7.75. The molecule has 0 bridgehead atoms. The number of aromatic nitrogens is 4. The van der Waals surface area contributed by atoms with E-state index in [1.165, 1.54) is 5.01 Å². The number of hydrogen-bond acceptors (Lipinski definition) is 4. The molecule has 0 unspecified atom stereocenters. The zero-order chi connectivity index (χ0) is 18.4. The van der Waals surface area contributed by atoms with Gasteiger partial charge >= 0.3 is 0 Å². The van der Waals surface area contributed by atoms with Crippen LogP contribution in [0.25, 0.3) is 17.1 Å². The van der Waals surface area contributed by atoms with Crippen LogP contribution in [0, 0.1) is 19.8 Å². The first-order chi connectivity index (χ1) is 12.1. The molecule has 25 heavy (non-hydrogen) atoms. The maximum absolute atomic E-state index is 14.1. The zero-order valence-corrected chi connectivity index (χ0v) is 14.3. The predicted octanol–water partition coefficient (Wildman–Crippen LogP) is 2.96. The summed E-state index contributed by atoms with van der Waals surface area (Å²) in [4.78, 5) is 12.5. The van der Waals surface area contributed by atoms with E-state index >= 15 is 0 Å². The summed E-state index contributed by atoms with van der Waals surface area (Å²) >= 11 is 0. The molecular weight excluding hydrogens is 319 g/mol. The Kier molecular flexibility index (Phi) is 6.06. The van der Waals surface area contributed by atoms with Crippen LogP contribution in [-0.4, -0.2) is 24.8 Å². The quantitative estimate of drug-likeness (QED) is 0.425. The summed E-state index contributed by atoms with van der Waals surface area (Å²) < 4.78 is 14.1. The summed E-state index contributed by atoms with van der Waals surface area (Å²) in [6.45, 7) is 4.12. The molecule has 2 heterocycles. The van der Waals surface area contributed by atoms with E-state index in [4.69, 9.17) is 5.84 Å². The summed E-state index contributed by atoms with van der Waals surface area (Å²) in [6.07, 6.45) is 11.6. The van der Waals surface area contributed by atoms with E-state index in [0.29, 0.717) is 22.7 Å². The van der Waals surface area contributed by atoms with Gasteiger partial charge in [-0.15, -0.1) is 12.8 Å². The number of H-pyrrole nitrogens is 1. The van der Waals surface area contributed by atoms with Crippen LogP contribution in [0.4, 0.5) is 4.48 Å². The molecule has 0 aliphatic rings. The molecule has 0 spiro atoms. The number of para-hydroxylation sites is 2. The Bertz CT molecular complexity index is 856. The van der Waals surface area contributed by atoms with Crippen molar-refractivity contribution in [3.8, 4) is 12.8 Å². The number of hydrazine groups is 1. The second kappa shape index (κ2) is 8.24. The highest BCUT2D eigenvalue weighted by Gasteiger charge is 2.15. The second-order valence-corrected chi connectivity index (χ2v) is 5.39. The lowest BCUT2D eigenvalue weighted by Gasteiger charge is -2.13. The average molecular weight is 340 g/mol. The average Bonchev–Trinajstić information content (AvgIpc) is 3.13. The van der Waals surface area contributed by atoms with Crippen molar-refractivity contribution in [2.45, 2.75) is 26.9 Å². The number of fused-ring (bicyclic) bond motifs is 1. The minimum Gasteiger partial charge on any atom is -0.341 e.